The molecule has 0 amide bonds. The number of aromatic nitrogens is 2. The maximum atomic E-state index is 11.9. The summed E-state index contributed by atoms with van der Waals surface area (Å²) in [6.45, 7) is 1.22. The van der Waals surface area contributed by atoms with E-state index in [9.17, 15) is 18.5 Å². The van der Waals surface area contributed by atoms with Gasteiger partial charge in [-0.25, -0.2) is 23.5 Å². The molecule has 4 rings (SSSR count). The molecule has 0 atom stereocenters. The maximum Gasteiger partial charge on any atom is 0.353 e. The zero-order chi connectivity index (χ0) is 24.3. The third-order valence-corrected chi connectivity index (χ3v) is 6.60. The summed E-state index contributed by atoms with van der Waals surface area (Å²) >= 11 is 5.96. The van der Waals surface area contributed by atoms with Gasteiger partial charge in [-0.1, -0.05) is 41.9 Å². The summed E-state index contributed by atoms with van der Waals surface area (Å²) in [6, 6.07) is 13.5. The molecule has 3 aromatic rings. The summed E-state index contributed by atoms with van der Waals surface area (Å²) in [4.78, 5) is 21.5. The van der Waals surface area contributed by atoms with Crippen LogP contribution < -0.4 is 15.4 Å². The van der Waals surface area contributed by atoms with Crippen LogP contribution >= 0.6 is 11.6 Å². The van der Waals surface area contributed by atoms with E-state index >= 15 is 0 Å². The molecule has 1 aliphatic rings. The minimum Gasteiger partial charge on any atom is -0.360 e. The fourth-order valence-corrected chi connectivity index (χ4v) is 4.31. The maximum absolute atomic E-state index is 11.9. The summed E-state index contributed by atoms with van der Waals surface area (Å²) in [6.07, 6.45) is 4.01. The molecule has 3 N–H and O–H groups in total. The number of anilines is 2. The number of hydrogen-bond acceptors (Lipinski definition) is 8. The van der Waals surface area contributed by atoms with E-state index in [1.807, 2.05) is 35.2 Å². The zero-order valence-corrected chi connectivity index (χ0v) is 19.5. The van der Waals surface area contributed by atoms with Gasteiger partial charge in [-0.15, -0.1) is 0 Å². The average Bonchev–Trinajstić information content (AvgIpc) is 2.82. The van der Waals surface area contributed by atoms with Gasteiger partial charge in [-0.2, -0.15) is 0 Å². The van der Waals surface area contributed by atoms with Crippen LogP contribution in [0.25, 0.3) is 5.57 Å². The number of nitrogens with one attached hydrogen (secondary N) is 1. The fraction of sp³-hybridized carbons (Fsp3) is 0.182. The first-order valence-electron chi connectivity index (χ1n) is 10.3. The Kier molecular flexibility index (Phi) is 6.77. The second-order valence-electron chi connectivity index (χ2n) is 7.63. The van der Waals surface area contributed by atoms with Crippen LogP contribution in [0.5, 0.6) is 0 Å². The first-order chi connectivity index (χ1) is 16.2. The molecule has 0 radical (unpaired) electrons. The monoisotopic (exact) mass is 500 g/mol. The molecule has 12 heteroatoms. The van der Waals surface area contributed by atoms with Crippen LogP contribution in [0.2, 0.25) is 5.02 Å². The lowest BCUT2D eigenvalue weighted by atomic mass is 9.99. The highest BCUT2D eigenvalue weighted by Gasteiger charge is 2.28. The molecule has 0 fully saturated rings. The number of rotatable bonds is 7. The van der Waals surface area contributed by atoms with Crippen molar-refractivity contribution in [2.24, 2.45) is 5.14 Å². The quantitative estimate of drug-likeness (QED) is 0.370. The third-order valence-electron chi connectivity index (χ3n) is 5.42. The van der Waals surface area contributed by atoms with E-state index in [0.29, 0.717) is 30.1 Å². The van der Waals surface area contributed by atoms with Gasteiger partial charge in [0.05, 0.1) is 9.82 Å². The van der Waals surface area contributed by atoms with Crippen LogP contribution in [-0.2, 0) is 16.6 Å². The highest BCUT2D eigenvalue weighted by Crippen LogP contribution is 2.34. The van der Waals surface area contributed by atoms with E-state index in [1.54, 1.807) is 12.1 Å². The number of primary sulfonamides is 1. The highest BCUT2D eigenvalue weighted by molar-refractivity contribution is 7.89. The Bertz CT molecular complexity index is 1340. The van der Waals surface area contributed by atoms with Crippen molar-refractivity contribution >= 4 is 44.5 Å². The summed E-state index contributed by atoms with van der Waals surface area (Å²) in [5.41, 5.74) is 2.70. The molecule has 34 heavy (non-hydrogen) atoms. The lowest BCUT2D eigenvalue weighted by Crippen LogP contribution is -2.30. The van der Waals surface area contributed by atoms with E-state index in [-0.39, 0.29) is 28.8 Å². The van der Waals surface area contributed by atoms with Crippen LogP contribution in [0.4, 0.5) is 17.3 Å². The van der Waals surface area contributed by atoms with Crippen molar-refractivity contribution in [3.8, 4) is 0 Å². The molecule has 176 valence electrons. The van der Waals surface area contributed by atoms with Gasteiger partial charge in [0.25, 0.3) is 0 Å². The normalized spacial score (nSPS) is 13.9. The van der Waals surface area contributed by atoms with Crippen LogP contribution in [0.1, 0.15) is 17.5 Å². The van der Waals surface area contributed by atoms with Gasteiger partial charge < -0.3 is 10.2 Å². The lowest BCUT2D eigenvalue weighted by molar-refractivity contribution is -0.383. The second-order valence-corrected chi connectivity index (χ2v) is 9.62. The summed E-state index contributed by atoms with van der Waals surface area (Å²) in [5, 5.41) is 20.7. The Labute approximate surface area is 201 Å². The molecule has 2 heterocycles. The molecule has 1 aliphatic heterocycles. The van der Waals surface area contributed by atoms with Gasteiger partial charge >= 0.3 is 5.69 Å². The largest absolute Gasteiger partial charge is 0.360 e. The number of nitrogens with two attached hydrogens (primary N) is 1. The summed E-state index contributed by atoms with van der Waals surface area (Å²) in [7, 11) is -3.79. The van der Waals surface area contributed by atoms with Gasteiger partial charge in [0.2, 0.25) is 21.7 Å². The van der Waals surface area contributed by atoms with Gasteiger partial charge in [0.15, 0.2) is 0 Å². The lowest BCUT2D eigenvalue weighted by Gasteiger charge is -2.27. The van der Waals surface area contributed by atoms with E-state index in [0.717, 1.165) is 11.1 Å². The predicted molar refractivity (Wildman–Crippen MR) is 130 cm³/mol. The van der Waals surface area contributed by atoms with Crippen LogP contribution in [0.3, 0.4) is 0 Å². The number of hydrogen-bond donors (Lipinski definition) is 2. The average molecular weight is 501 g/mol. The van der Waals surface area contributed by atoms with Crippen molar-refractivity contribution in [3.05, 3.63) is 87.2 Å². The first kappa shape index (κ1) is 23.6. The van der Waals surface area contributed by atoms with E-state index in [4.69, 9.17) is 16.7 Å². The molecule has 0 bridgehead atoms. The Balaban J connectivity index is 1.52. The van der Waals surface area contributed by atoms with Crippen molar-refractivity contribution in [3.63, 3.8) is 0 Å². The molecule has 0 aliphatic carbocycles. The van der Waals surface area contributed by atoms with E-state index < -0.39 is 14.9 Å². The van der Waals surface area contributed by atoms with Crippen molar-refractivity contribution in [2.75, 3.05) is 23.3 Å². The Morgan fingerprint density at radius 1 is 1.12 bits per heavy atom. The molecule has 10 nitrogen and oxygen atoms in total. The van der Waals surface area contributed by atoms with Crippen molar-refractivity contribution in [1.82, 2.24) is 9.97 Å². The van der Waals surface area contributed by atoms with Gasteiger partial charge in [0.1, 0.15) is 6.33 Å². The van der Waals surface area contributed by atoms with Crippen molar-refractivity contribution < 1.29 is 13.3 Å². The minimum atomic E-state index is -3.79. The molecule has 0 unspecified atom stereocenters. The topological polar surface area (TPSA) is 144 Å². The molecular formula is C22H21ClN6O4S. The minimum absolute atomic E-state index is 0.0114. The van der Waals surface area contributed by atoms with Crippen molar-refractivity contribution in [2.45, 2.75) is 17.9 Å². The van der Waals surface area contributed by atoms with Crippen molar-refractivity contribution in [1.29, 1.82) is 0 Å². The molecule has 0 saturated carbocycles. The Morgan fingerprint density at radius 2 is 1.82 bits per heavy atom. The standard InChI is InChI=1S/C22H21ClN6O4S/c23-18-5-3-16(4-6-18)17-9-11-28(12-10-17)22-20(29(30)31)21(26-14-27-22)25-13-15-1-7-19(8-2-15)34(24,32)33/h1-9,14H,10-13H2,(H2,24,32,33)(H,25,26,27). The SMILES string of the molecule is NS(=O)(=O)c1ccc(CNc2ncnc(N3CC=C(c4ccc(Cl)cc4)CC3)c2[N+](=O)[O-])cc1. The van der Waals surface area contributed by atoms with Gasteiger partial charge in [0, 0.05) is 24.7 Å². The van der Waals surface area contributed by atoms with Crippen LogP contribution in [0, 0.1) is 10.1 Å². The number of halogens is 1. The summed E-state index contributed by atoms with van der Waals surface area (Å²) < 4.78 is 22.8. The second kappa shape index (κ2) is 9.75. The number of nitro groups is 1. The molecule has 0 spiro atoms. The van der Waals surface area contributed by atoms with Gasteiger partial charge in [-0.3, -0.25) is 10.1 Å². The number of benzene rings is 2. The van der Waals surface area contributed by atoms with Crippen LogP contribution in [0.15, 0.2) is 65.8 Å². The molecule has 2 aromatic carbocycles. The predicted octanol–water partition coefficient (Wildman–Crippen LogP) is 3.59. The molecule has 1 aromatic heterocycles. The van der Waals surface area contributed by atoms with E-state index in [2.05, 4.69) is 15.3 Å². The van der Waals surface area contributed by atoms with E-state index in [1.165, 1.54) is 18.5 Å². The number of nitrogens with zero attached hydrogens (tertiary/aromatic N) is 4. The molecular weight excluding hydrogens is 480 g/mol. The zero-order valence-electron chi connectivity index (χ0n) is 17.9. The fourth-order valence-electron chi connectivity index (χ4n) is 3.67. The third kappa shape index (κ3) is 5.33. The Morgan fingerprint density at radius 3 is 2.41 bits per heavy atom. The number of sulfonamides is 1. The molecule has 0 saturated heterocycles. The van der Waals surface area contributed by atoms with Gasteiger partial charge in [-0.05, 0) is 47.4 Å². The summed E-state index contributed by atoms with van der Waals surface area (Å²) in [5.74, 6) is 0.316. The smallest absolute Gasteiger partial charge is 0.353 e. The first-order valence-corrected chi connectivity index (χ1v) is 12.2. The van der Waals surface area contributed by atoms with Crippen LogP contribution in [-0.4, -0.2) is 36.4 Å². The Hall–Kier alpha value is -3.54. The highest BCUT2D eigenvalue weighted by atomic mass is 35.5.